The first-order valence-corrected chi connectivity index (χ1v) is 7.22. The Morgan fingerprint density at radius 1 is 1.38 bits per heavy atom. The van der Waals surface area contributed by atoms with E-state index in [4.69, 9.17) is 0 Å². The quantitative estimate of drug-likeness (QED) is 0.727. The second-order valence-corrected chi connectivity index (χ2v) is 5.60. The number of aromatic hydroxyl groups is 1. The van der Waals surface area contributed by atoms with Crippen LogP contribution in [-0.4, -0.2) is 47.0 Å². The first kappa shape index (κ1) is 13.9. The maximum absolute atomic E-state index is 12.6. The van der Waals surface area contributed by atoms with Crippen molar-refractivity contribution in [2.24, 2.45) is 0 Å². The van der Waals surface area contributed by atoms with Gasteiger partial charge in [0.15, 0.2) is 0 Å². The highest BCUT2D eigenvalue weighted by Gasteiger charge is 2.36. The maximum atomic E-state index is 12.6. The number of carbonyl (C=O) groups excluding carboxylic acids is 2. The number of phenolic OH excluding ortho intramolecular Hbond substituents is 1. The zero-order chi connectivity index (χ0) is 14.8. The molecule has 1 aliphatic carbocycles. The van der Waals surface area contributed by atoms with Crippen LogP contribution in [0.25, 0.3) is 0 Å². The van der Waals surface area contributed by atoms with Crippen LogP contribution in [0.15, 0.2) is 24.3 Å². The van der Waals surface area contributed by atoms with Gasteiger partial charge in [0, 0.05) is 19.1 Å². The van der Waals surface area contributed by atoms with Crippen molar-refractivity contribution in [3.63, 3.8) is 0 Å². The Morgan fingerprint density at radius 3 is 2.81 bits per heavy atom. The van der Waals surface area contributed by atoms with Crippen LogP contribution in [0.1, 0.15) is 18.4 Å². The van der Waals surface area contributed by atoms with Crippen LogP contribution < -0.4 is 10.6 Å². The minimum atomic E-state index is -0.361. The second kappa shape index (κ2) is 5.73. The molecule has 1 aliphatic heterocycles. The first-order chi connectivity index (χ1) is 10.1. The summed E-state index contributed by atoms with van der Waals surface area (Å²) in [7, 11) is 0. The van der Waals surface area contributed by atoms with Crippen molar-refractivity contribution < 1.29 is 14.7 Å². The van der Waals surface area contributed by atoms with Gasteiger partial charge in [-0.3, -0.25) is 14.9 Å². The zero-order valence-electron chi connectivity index (χ0n) is 11.7. The van der Waals surface area contributed by atoms with Gasteiger partial charge < -0.3 is 15.3 Å². The molecule has 0 bridgehead atoms. The number of rotatable bonds is 4. The molecule has 1 heterocycles. The molecule has 6 heteroatoms. The molecule has 3 rings (SSSR count). The van der Waals surface area contributed by atoms with Crippen molar-refractivity contribution in [1.82, 2.24) is 15.5 Å². The minimum absolute atomic E-state index is 0.0147. The highest BCUT2D eigenvalue weighted by molar-refractivity contribution is 5.87. The molecule has 21 heavy (non-hydrogen) atoms. The van der Waals surface area contributed by atoms with E-state index < -0.39 is 0 Å². The summed E-state index contributed by atoms with van der Waals surface area (Å²) in [5.74, 6) is 0.143. The van der Waals surface area contributed by atoms with E-state index in [0.29, 0.717) is 13.1 Å². The Morgan fingerprint density at radius 2 is 2.19 bits per heavy atom. The number of nitrogens with zero attached hydrogens (tertiary/aromatic N) is 1. The summed E-state index contributed by atoms with van der Waals surface area (Å²) in [6.07, 6.45) is 2.03. The molecule has 0 radical (unpaired) electrons. The number of nitrogens with one attached hydrogen (secondary N) is 2. The summed E-state index contributed by atoms with van der Waals surface area (Å²) < 4.78 is 0. The van der Waals surface area contributed by atoms with E-state index in [9.17, 15) is 14.7 Å². The molecule has 1 atom stereocenters. The zero-order valence-corrected chi connectivity index (χ0v) is 11.7. The van der Waals surface area contributed by atoms with Crippen molar-refractivity contribution in [1.29, 1.82) is 0 Å². The van der Waals surface area contributed by atoms with Gasteiger partial charge in [-0.15, -0.1) is 0 Å². The van der Waals surface area contributed by atoms with Crippen LogP contribution in [0.2, 0.25) is 0 Å². The Kier molecular flexibility index (Phi) is 3.79. The standard InChI is InChI=1S/C15H19N3O3/c19-12-3-1-2-10(6-12)9-18(11-4-5-11)15(21)13-7-17-14(20)8-16-13/h1-3,6,11,13,16,19H,4-5,7-9H2,(H,17,20). The first-order valence-electron chi connectivity index (χ1n) is 7.22. The SMILES string of the molecule is O=C1CNC(C(=O)N(Cc2cccc(O)c2)C2CC2)CN1. The minimum Gasteiger partial charge on any atom is -0.508 e. The summed E-state index contributed by atoms with van der Waals surface area (Å²) in [5, 5.41) is 15.2. The van der Waals surface area contributed by atoms with Crippen LogP contribution in [0.5, 0.6) is 5.75 Å². The van der Waals surface area contributed by atoms with Gasteiger partial charge in [0.05, 0.1) is 6.54 Å². The van der Waals surface area contributed by atoms with Gasteiger partial charge >= 0.3 is 0 Å². The molecule has 1 aromatic carbocycles. The van der Waals surface area contributed by atoms with Crippen molar-refractivity contribution >= 4 is 11.8 Å². The number of hydrogen-bond donors (Lipinski definition) is 3. The molecular formula is C15H19N3O3. The molecule has 0 spiro atoms. The number of piperazine rings is 1. The van der Waals surface area contributed by atoms with Gasteiger partial charge in [0.25, 0.3) is 0 Å². The monoisotopic (exact) mass is 289 g/mol. The number of benzene rings is 1. The maximum Gasteiger partial charge on any atom is 0.242 e. The van der Waals surface area contributed by atoms with E-state index in [1.807, 2.05) is 11.0 Å². The van der Waals surface area contributed by atoms with Crippen LogP contribution in [0.3, 0.4) is 0 Å². The van der Waals surface area contributed by atoms with E-state index >= 15 is 0 Å². The van der Waals surface area contributed by atoms with E-state index in [1.54, 1.807) is 18.2 Å². The van der Waals surface area contributed by atoms with Crippen molar-refractivity contribution in [3.8, 4) is 5.75 Å². The molecule has 2 fully saturated rings. The Hall–Kier alpha value is -2.08. The van der Waals surface area contributed by atoms with Gasteiger partial charge in [-0.1, -0.05) is 12.1 Å². The fraction of sp³-hybridized carbons (Fsp3) is 0.467. The molecular weight excluding hydrogens is 270 g/mol. The molecule has 2 amide bonds. The lowest BCUT2D eigenvalue weighted by Crippen LogP contribution is -2.58. The van der Waals surface area contributed by atoms with Crippen molar-refractivity contribution in [2.45, 2.75) is 31.5 Å². The second-order valence-electron chi connectivity index (χ2n) is 5.60. The molecule has 6 nitrogen and oxygen atoms in total. The van der Waals surface area contributed by atoms with Crippen LogP contribution in [0, 0.1) is 0 Å². The number of carbonyl (C=O) groups is 2. The molecule has 1 saturated heterocycles. The molecule has 1 saturated carbocycles. The summed E-state index contributed by atoms with van der Waals surface area (Å²) in [5.41, 5.74) is 0.912. The summed E-state index contributed by atoms with van der Waals surface area (Å²) in [6.45, 7) is 1.01. The lowest BCUT2D eigenvalue weighted by atomic mass is 10.1. The summed E-state index contributed by atoms with van der Waals surface area (Å²) >= 11 is 0. The van der Waals surface area contributed by atoms with E-state index in [0.717, 1.165) is 18.4 Å². The average Bonchev–Trinajstić information content (AvgIpc) is 3.29. The Balaban J connectivity index is 1.69. The summed E-state index contributed by atoms with van der Waals surface area (Å²) in [6, 6.07) is 6.89. The van der Waals surface area contributed by atoms with Crippen molar-refractivity contribution in [3.05, 3.63) is 29.8 Å². The van der Waals surface area contributed by atoms with Gasteiger partial charge in [-0.05, 0) is 30.5 Å². The number of phenols is 1. The third-order valence-electron chi connectivity index (χ3n) is 3.84. The highest BCUT2D eigenvalue weighted by atomic mass is 16.3. The average molecular weight is 289 g/mol. The Bertz CT molecular complexity index is 547. The molecule has 0 aromatic heterocycles. The highest BCUT2D eigenvalue weighted by Crippen LogP contribution is 2.29. The third kappa shape index (κ3) is 3.33. The van der Waals surface area contributed by atoms with E-state index in [-0.39, 0.29) is 36.2 Å². The predicted molar refractivity (Wildman–Crippen MR) is 76.5 cm³/mol. The van der Waals surface area contributed by atoms with Crippen LogP contribution in [-0.2, 0) is 16.1 Å². The predicted octanol–water partition coefficient (Wildman–Crippen LogP) is -0.0288. The van der Waals surface area contributed by atoms with Gasteiger partial charge in [0.2, 0.25) is 11.8 Å². The van der Waals surface area contributed by atoms with Gasteiger partial charge in [0.1, 0.15) is 11.8 Å². The molecule has 1 aromatic rings. The smallest absolute Gasteiger partial charge is 0.242 e. The molecule has 112 valence electrons. The lowest BCUT2D eigenvalue weighted by Gasteiger charge is -2.30. The number of amides is 2. The third-order valence-corrected chi connectivity index (χ3v) is 3.84. The van der Waals surface area contributed by atoms with Gasteiger partial charge in [-0.25, -0.2) is 0 Å². The van der Waals surface area contributed by atoms with Crippen LogP contribution in [0.4, 0.5) is 0 Å². The summed E-state index contributed by atoms with van der Waals surface area (Å²) in [4.78, 5) is 25.6. The van der Waals surface area contributed by atoms with E-state index in [2.05, 4.69) is 10.6 Å². The molecule has 2 aliphatic rings. The lowest BCUT2D eigenvalue weighted by molar-refractivity contribution is -0.136. The van der Waals surface area contributed by atoms with Gasteiger partial charge in [-0.2, -0.15) is 0 Å². The van der Waals surface area contributed by atoms with Crippen molar-refractivity contribution in [2.75, 3.05) is 13.1 Å². The van der Waals surface area contributed by atoms with Crippen LogP contribution >= 0.6 is 0 Å². The molecule has 1 unspecified atom stereocenters. The number of hydrogen-bond acceptors (Lipinski definition) is 4. The Labute approximate surface area is 123 Å². The fourth-order valence-corrected chi connectivity index (χ4v) is 2.57. The topological polar surface area (TPSA) is 81.7 Å². The normalized spacial score (nSPS) is 21.7. The van der Waals surface area contributed by atoms with E-state index in [1.165, 1.54) is 0 Å². The molecule has 3 N–H and O–H groups in total. The largest absolute Gasteiger partial charge is 0.508 e. The fourth-order valence-electron chi connectivity index (χ4n) is 2.57.